The average molecular weight is 144 g/mol. The molecule has 58 valence electrons. The molecule has 3 nitrogen and oxygen atoms in total. The normalized spacial score (nSPS) is 17.1. The Balaban J connectivity index is 3.93. The molecule has 0 aliphatic carbocycles. The van der Waals surface area contributed by atoms with Gasteiger partial charge in [0.1, 0.15) is 0 Å². The Hall–Kier alpha value is -0.830. The Bertz CT molecular complexity index is 140. The quantitative estimate of drug-likeness (QED) is 0.571. The predicted octanol–water partition coefficient (Wildman–Crippen LogP) is 0.644. The number of aliphatic carboxylic acids is 1. The molecule has 0 aromatic heterocycles. The van der Waals surface area contributed by atoms with Crippen LogP contribution in [0, 0.1) is 5.92 Å². The van der Waals surface area contributed by atoms with E-state index in [1.54, 1.807) is 13.0 Å². The highest BCUT2D eigenvalue weighted by atomic mass is 16.4. The monoisotopic (exact) mass is 144 g/mol. The Morgan fingerprint density at radius 3 is 2.40 bits per heavy atom. The summed E-state index contributed by atoms with van der Waals surface area (Å²) < 4.78 is 0. The van der Waals surface area contributed by atoms with Crippen molar-refractivity contribution in [2.45, 2.75) is 20.0 Å². The minimum Gasteiger partial charge on any atom is -0.481 e. The highest BCUT2D eigenvalue weighted by molar-refractivity contribution is 5.70. The van der Waals surface area contributed by atoms with E-state index in [0.29, 0.717) is 0 Å². The lowest BCUT2D eigenvalue weighted by atomic mass is 10.1. The van der Waals surface area contributed by atoms with Crippen LogP contribution in [-0.2, 0) is 4.79 Å². The standard InChI is InChI=1S/C7H12O3/c1-3-4-6(8)5(2)7(9)10/h3-6,8H,1-2H3,(H,9,10)/t5-,6+/m0/s1. The fourth-order valence-electron chi connectivity index (χ4n) is 0.510. The maximum absolute atomic E-state index is 10.2. The largest absolute Gasteiger partial charge is 0.481 e. The lowest BCUT2D eigenvalue weighted by molar-refractivity contribution is -0.143. The van der Waals surface area contributed by atoms with Crippen LogP contribution >= 0.6 is 0 Å². The van der Waals surface area contributed by atoms with Gasteiger partial charge in [-0.15, -0.1) is 0 Å². The maximum Gasteiger partial charge on any atom is 0.309 e. The minimum absolute atomic E-state index is 0.726. The minimum atomic E-state index is -0.981. The fourth-order valence-corrected chi connectivity index (χ4v) is 0.510. The topological polar surface area (TPSA) is 57.5 Å². The number of carboxylic acids is 1. The highest BCUT2D eigenvalue weighted by Gasteiger charge is 2.17. The van der Waals surface area contributed by atoms with Crippen LogP contribution in [0.15, 0.2) is 12.2 Å². The molecule has 0 unspecified atom stereocenters. The molecule has 0 amide bonds. The molecule has 2 N–H and O–H groups in total. The van der Waals surface area contributed by atoms with Crippen LogP contribution in [-0.4, -0.2) is 22.3 Å². The van der Waals surface area contributed by atoms with E-state index < -0.39 is 18.0 Å². The molecular weight excluding hydrogens is 132 g/mol. The summed E-state index contributed by atoms with van der Waals surface area (Å²) in [5.74, 6) is -1.71. The third-order valence-corrected chi connectivity index (χ3v) is 1.29. The first kappa shape index (κ1) is 9.17. The molecule has 0 aliphatic heterocycles. The van der Waals surface area contributed by atoms with Gasteiger partial charge < -0.3 is 10.2 Å². The van der Waals surface area contributed by atoms with E-state index in [-0.39, 0.29) is 0 Å². The van der Waals surface area contributed by atoms with Crippen LogP contribution in [0.5, 0.6) is 0 Å². The van der Waals surface area contributed by atoms with Gasteiger partial charge in [0.2, 0.25) is 0 Å². The van der Waals surface area contributed by atoms with Gasteiger partial charge >= 0.3 is 5.97 Å². The second kappa shape index (κ2) is 4.06. The molecule has 0 aromatic rings. The Kier molecular flexibility index (Phi) is 3.72. The SMILES string of the molecule is CC=C[C@@H](O)[C@H](C)C(=O)O. The van der Waals surface area contributed by atoms with E-state index in [0.717, 1.165) is 0 Å². The van der Waals surface area contributed by atoms with Crippen molar-refractivity contribution in [3.8, 4) is 0 Å². The Morgan fingerprint density at radius 1 is 1.60 bits per heavy atom. The van der Waals surface area contributed by atoms with Crippen LogP contribution in [0.1, 0.15) is 13.8 Å². The lowest BCUT2D eigenvalue weighted by Crippen LogP contribution is -2.23. The number of allylic oxidation sites excluding steroid dienone is 1. The molecule has 0 fully saturated rings. The number of carbonyl (C=O) groups is 1. The molecule has 0 saturated carbocycles. The number of hydrogen-bond donors (Lipinski definition) is 2. The lowest BCUT2D eigenvalue weighted by Gasteiger charge is -2.08. The smallest absolute Gasteiger partial charge is 0.309 e. The molecule has 0 rings (SSSR count). The predicted molar refractivity (Wildman–Crippen MR) is 37.6 cm³/mol. The zero-order chi connectivity index (χ0) is 8.15. The first-order chi connectivity index (χ1) is 4.59. The van der Waals surface area contributed by atoms with Crippen molar-refractivity contribution in [2.75, 3.05) is 0 Å². The third-order valence-electron chi connectivity index (χ3n) is 1.29. The maximum atomic E-state index is 10.2. The highest BCUT2D eigenvalue weighted by Crippen LogP contribution is 2.03. The molecule has 0 aromatic carbocycles. The molecule has 0 bridgehead atoms. The van der Waals surface area contributed by atoms with E-state index in [1.165, 1.54) is 13.0 Å². The summed E-state index contributed by atoms with van der Waals surface area (Å²) in [7, 11) is 0. The van der Waals surface area contributed by atoms with Crippen molar-refractivity contribution in [1.29, 1.82) is 0 Å². The summed E-state index contributed by atoms with van der Waals surface area (Å²) in [4.78, 5) is 10.2. The molecule has 0 saturated heterocycles. The number of hydrogen-bond acceptors (Lipinski definition) is 2. The van der Waals surface area contributed by atoms with Crippen LogP contribution in [0.4, 0.5) is 0 Å². The summed E-state index contributed by atoms with van der Waals surface area (Å²) in [5.41, 5.74) is 0. The van der Waals surface area contributed by atoms with Crippen LogP contribution < -0.4 is 0 Å². The Labute approximate surface area is 60.0 Å². The first-order valence-electron chi connectivity index (χ1n) is 3.13. The number of rotatable bonds is 3. The first-order valence-corrected chi connectivity index (χ1v) is 3.13. The van der Waals surface area contributed by atoms with Crippen molar-refractivity contribution < 1.29 is 15.0 Å². The Morgan fingerprint density at radius 2 is 2.10 bits per heavy atom. The average Bonchev–Trinajstić information content (AvgIpc) is 1.87. The van der Waals surface area contributed by atoms with E-state index in [4.69, 9.17) is 10.2 Å². The van der Waals surface area contributed by atoms with Gasteiger partial charge in [0, 0.05) is 0 Å². The van der Waals surface area contributed by atoms with Crippen molar-refractivity contribution in [1.82, 2.24) is 0 Å². The molecule has 2 atom stereocenters. The summed E-state index contributed by atoms with van der Waals surface area (Å²) in [6, 6.07) is 0. The van der Waals surface area contributed by atoms with Gasteiger partial charge in [0.05, 0.1) is 12.0 Å². The van der Waals surface area contributed by atoms with E-state index in [1.807, 2.05) is 0 Å². The van der Waals surface area contributed by atoms with Gasteiger partial charge in [-0.3, -0.25) is 4.79 Å². The molecule has 10 heavy (non-hydrogen) atoms. The van der Waals surface area contributed by atoms with Crippen molar-refractivity contribution in [3.63, 3.8) is 0 Å². The summed E-state index contributed by atoms with van der Waals surface area (Å²) in [6.07, 6.45) is 2.21. The van der Waals surface area contributed by atoms with Gasteiger partial charge in [-0.25, -0.2) is 0 Å². The van der Waals surface area contributed by atoms with Gasteiger partial charge in [0.25, 0.3) is 0 Å². The van der Waals surface area contributed by atoms with Crippen LogP contribution in [0.25, 0.3) is 0 Å². The molecular formula is C7H12O3. The number of carboxylic acid groups (broad SMARTS) is 1. The molecule has 0 aliphatic rings. The van der Waals surface area contributed by atoms with E-state index in [2.05, 4.69) is 0 Å². The molecule has 3 heteroatoms. The zero-order valence-electron chi connectivity index (χ0n) is 6.11. The van der Waals surface area contributed by atoms with Gasteiger partial charge in [0.15, 0.2) is 0 Å². The van der Waals surface area contributed by atoms with Crippen molar-refractivity contribution in [3.05, 3.63) is 12.2 Å². The second-order valence-corrected chi connectivity index (χ2v) is 2.14. The van der Waals surface area contributed by atoms with Crippen LogP contribution in [0.2, 0.25) is 0 Å². The summed E-state index contributed by atoms with van der Waals surface area (Å²) in [6.45, 7) is 3.20. The second-order valence-electron chi connectivity index (χ2n) is 2.14. The van der Waals surface area contributed by atoms with Gasteiger partial charge in [-0.05, 0) is 13.8 Å². The molecule has 0 radical (unpaired) electrons. The number of aliphatic hydroxyl groups is 1. The van der Waals surface area contributed by atoms with Crippen molar-refractivity contribution in [2.24, 2.45) is 5.92 Å². The number of aliphatic hydroxyl groups excluding tert-OH is 1. The van der Waals surface area contributed by atoms with E-state index >= 15 is 0 Å². The van der Waals surface area contributed by atoms with Crippen molar-refractivity contribution >= 4 is 5.97 Å². The zero-order valence-corrected chi connectivity index (χ0v) is 6.11. The summed E-state index contributed by atoms with van der Waals surface area (Å²) in [5, 5.41) is 17.4. The van der Waals surface area contributed by atoms with Gasteiger partial charge in [-0.2, -0.15) is 0 Å². The van der Waals surface area contributed by atoms with E-state index in [9.17, 15) is 4.79 Å². The third kappa shape index (κ3) is 2.64. The molecule has 0 heterocycles. The van der Waals surface area contributed by atoms with Gasteiger partial charge in [-0.1, -0.05) is 12.2 Å². The molecule has 0 spiro atoms. The van der Waals surface area contributed by atoms with Crippen LogP contribution in [0.3, 0.4) is 0 Å². The fraction of sp³-hybridized carbons (Fsp3) is 0.571. The summed E-state index contributed by atoms with van der Waals surface area (Å²) >= 11 is 0.